The molecule has 0 aliphatic carbocycles. The summed E-state index contributed by atoms with van der Waals surface area (Å²) in [6.07, 6.45) is 0.923. The third-order valence-electron chi connectivity index (χ3n) is 4.34. The van der Waals surface area contributed by atoms with Gasteiger partial charge in [0.2, 0.25) is 0 Å². The van der Waals surface area contributed by atoms with Crippen molar-refractivity contribution in [1.29, 1.82) is 0 Å². The van der Waals surface area contributed by atoms with Crippen molar-refractivity contribution in [2.75, 3.05) is 32.7 Å². The van der Waals surface area contributed by atoms with Crippen LogP contribution in [0.3, 0.4) is 0 Å². The van der Waals surface area contributed by atoms with Gasteiger partial charge >= 0.3 is 0 Å². The lowest BCUT2D eigenvalue weighted by atomic mass is 9.95. The van der Waals surface area contributed by atoms with Crippen LogP contribution >= 0.6 is 11.6 Å². The van der Waals surface area contributed by atoms with Crippen molar-refractivity contribution in [2.24, 2.45) is 5.84 Å². The lowest BCUT2D eigenvalue weighted by molar-refractivity contribution is -0.00314. The van der Waals surface area contributed by atoms with E-state index in [0.29, 0.717) is 6.04 Å². The molecule has 2 unspecified atom stereocenters. The van der Waals surface area contributed by atoms with Crippen LogP contribution in [0, 0.1) is 0 Å². The van der Waals surface area contributed by atoms with Gasteiger partial charge < -0.3 is 0 Å². The number of rotatable bonds is 4. The van der Waals surface area contributed by atoms with Gasteiger partial charge in [-0.15, -0.1) is 0 Å². The van der Waals surface area contributed by atoms with Gasteiger partial charge in [-0.3, -0.25) is 21.1 Å². The Kier molecular flexibility index (Phi) is 4.05. The first-order valence-corrected chi connectivity index (χ1v) is 7.31. The summed E-state index contributed by atoms with van der Waals surface area (Å²) in [7, 11) is 0. The van der Waals surface area contributed by atoms with Gasteiger partial charge in [-0.1, -0.05) is 23.7 Å². The number of hydrogen-bond donors (Lipinski definition) is 2. The van der Waals surface area contributed by atoms with E-state index in [4.69, 9.17) is 17.4 Å². The highest BCUT2D eigenvalue weighted by Gasteiger charge is 2.36. The highest BCUT2D eigenvalue weighted by atomic mass is 35.5. The molecule has 19 heavy (non-hydrogen) atoms. The molecule has 3 saturated heterocycles. The van der Waals surface area contributed by atoms with Gasteiger partial charge in [0.05, 0.1) is 0 Å². The van der Waals surface area contributed by atoms with Gasteiger partial charge in [-0.05, 0) is 24.1 Å². The van der Waals surface area contributed by atoms with E-state index < -0.39 is 0 Å². The van der Waals surface area contributed by atoms with Crippen LogP contribution in [0.2, 0.25) is 5.02 Å². The number of fused-ring (bicyclic) bond motifs is 3. The van der Waals surface area contributed by atoms with Crippen molar-refractivity contribution in [1.82, 2.24) is 15.2 Å². The molecule has 0 aromatic heterocycles. The van der Waals surface area contributed by atoms with Crippen molar-refractivity contribution < 1.29 is 0 Å². The van der Waals surface area contributed by atoms with Crippen LogP contribution in [-0.4, -0.2) is 54.6 Å². The van der Waals surface area contributed by atoms with Crippen molar-refractivity contribution in [3.8, 4) is 0 Å². The Morgan fingerprint density at radius 1 is 1.32 bits per heavy atom. The summed E-state index contributed by atoms with van der Waals surface area (Å²) >= 11 is 6.05. The number of hydrogen-bond acceptors (Lipinski definition) is 4. The van der Waals surface area contributed by atoms with Gasteiger partial charge in [-0.25, -0.2) is 0 Å². The molecule has 1 aromatic rings. The molecule has 3 heterocycles. The average molecular weight is 281 g/mol. The standard InChI is InChI=1S/C14H21ClN4/c15-12-3-1-2-11(8-12)9-13(17-16)14-10-18-4-6-19(14)7-5-18/h1-3,8,13-14,17H,4-7,9-10,16H2. The monoisotopic (exact) mass is 280 g/mol. The summed E-state index contributed by atoms with van der Waals surface area (Å²) in [4.78, 5) is 5.10. The summed E-state index contributed by atoms with van der Waals surface area (Å²) in [5.41, 5.74) is 4.26. The highest BCUT2D eigenvalue weighted by molar-refractivity contribution is 6.30. The molecule has 0 spiro atoms. The molecule has 4 rings (SSSR count). The lowest BCUT2D eigenvalue weighted by Gasteiger charge is -2.50. The molecule has 0 radical (unpaired) electrons. The fourth-order valence-electron chi connectivity index (χ4n) is 3.26. The molecule has 0 amide bonds. The SMILES string of the molecule is NNC(Cc1cccc(Cl)c1)C1CN2CCN1CC2. The molecule has 3 fully saturated rings. The van der Waals surface area contributed by atoms with Gasteiger partial charge in [0, 0.05) is 49.8 Å². The quantitative estimate of drug-likeness (QED) is 0.630. The number of nitrogens with two attached hydrogens (primary N) is 1. The van der Waals surface area contributed by atoms with E-state index in [2.05, 4.69) is 21.3 Å². The van der Waals surface area contributed by atoms with Gasteiger partial charge in [0.15, 0.2) is 0 Å². The minimum absolute atomic E-state index is 0.279. The number of piperazine rings is 3. The Balaban J connectivity index is 1.70. The maximum absolute atomic E-state index is 6.05. The van der Waals surface area contributed by atoms with Gasteiger partial charge in [0.25, 0.3) is 0 Å². The second-order valence-electron chi connectivity index (χ2n) is 5.51. The van der Waals surface area contributed by atoms with Gasteiger partial charge in [-0.2, -0.15) is 0 Å². The van der Waals surface area contributed by atoms with Crippen LogP contribution in [0.15, 0.2) is 24.3 Å². The number of nitrogens with zero attached hydrogens (tertiary/aromatic N) is 2. The first kappa shape index (κ1) is 13.3. The van der Waals surface area contributed by atoms with Crippen molar-refractivity contribution in [2.45, 2.75) is 18.5 Å². The largest absolute Gasteiger partial charge is 0.299 e. The Morgan fingerprint density at radius 2 is 2.11 bits per heavy atom. The molecule has 2 atom stereocenters. The van der Waals surface area contributed by atoms with Crippen LogP contribution < -0.4 is 11.3 Å². The predicted molar refractivity (Wildman–Crippen MR) is 78.1 cm³/mol. The smallest absolute Gasteiger partial charge is 0.0418 e. The summed E-state index contributed by atoms with van der Waals surface area (Å²) in [5, 5.41) is 0.794. The molecule has 3 N–H and O–H groups in total. The molecule has 3 aliphatic heterocycles. The zero-order valence-corrected chi connectivity index (χ0v) is 11.8. The maximum atomic E-state index is 6.05. The summed E-state index contributed by atoms with van der Waals surface area (Å²) in [6, 6.07) is 8.85. The lowest BCUT2D eigenvalue weighted by Crippen LogP contribution is -2.67. The highest BCUT2D eigenvalue weighted by Crippen LogP contribution is 2.21. The number of halogens is 1. The van der Waals surface area contributed by atoms with Crippen LogP contribution in [0.5, 0.6) is 0 Å². The van der Waals surface area contributed by atoms with Crippen molar-refractivity contribution in [3.05, 3.63) is 34.9 Å². The first-order valence-electron chi connectivity index (χ1n) is 6.93. The first-order chi connectivity index (χ1) is 9.26. The maximum Gasteiger partial charge on any atom is 0.0418 e. The van der Waals surface area contributed by atoms with Crippen molar-refractivity contribution >= 4 is 11.6 Å². The minimum Gasteiger partial charge on any atom is -0.299 e. The Morgan fingerprint density at radius 3 is 2.68 bits per heavy atom. The third kappa shape index (κ3) is 2.93. The van der Waals surface area contributed by atoms with E-state index in [1.54, 1.807) is 0 Å². The zero-order chi connectivity index (χ0) is 13.2. The number of benzene rings is 1. The summed E-state index contributed by atoms with van der Waals surface area (Å²) in [5.74, 6) is 5.79. The van der Waals surface area contributed by atoms with Gasteiger partial charge in [0.1, 0.15) is 0 Å². The van der Waals surface area contributed by atoms with E-state index in [1.807, 2.05) is 18.2 Å². The predicted octanol–water partition coefficient (Wildman–Crippen LogP) is 0.714. The molecule has 5 heteroatoms. The van der Waals surface area contributed by atoms with E-state index >= 15 is 0 Å². The molecule has 2 bridgehead atoms. The second-order valence-corrected chi connectivity index (χ2v) is 5.95. The number of nitrogens with one attached hydrogen (secondary N) is 1. The molecule has 3 aliphatic rings. The van der Waals surface area contributed by atoms with Crippen molar-refractivity contribution in [3.63, 3.8) is 0 Å². The van der Waals surface area contributed by atoms with Crippen LogP contribution in [0.25, 0.3) is 0 Å². The third-order valence-corrected chi connectivity index (χ3v) is 4.58. The van der Waals surface area contributed by atoms with E-state index in [0.717, 1.165) is 18.0 Å². The normalized spacial score (nSPS) is 31.4. The van der Waals surface area contributed by atoms with E-state index in [1.165, 1.54) is 31.7 Å². The van der Waals surface area contributed by atoms with Crippen LogP contribution in [-0.2, 0) is 6.42 Å². The van der Waals surface area contributed by atoms with E-state index in [-0.39, 0.29) is 6.04 Å². The average Bonchev–Trinajstić information content (AvgIpc) is 2.46. The minimum atomic E-state index is 0.279. The molecule has 4 nitrogen and oxygen atoms in total. The zero-order valence-electron chi connectivity index (χ0n) is 11.1. The topological polar surface area (TPSA) is 44.5 Å². The molecule has 1 aromatic carbocycles. The Bertz CT molecular complexity index is 431. The molecule has 104 valence electrons. The second kappa shape index (κ2) is 5.77. The Hall–Kier alpha value is -0.650. The number of hydrazine groups is 1. The summed E-state index contributed by atoms with van der Waals surface area (Å²) < 4.78 is 0. The Labute approximate surface area is 119 Å². The van der Waals surface area contributed by atoms with Crippen LogP contribution in [0.1, 0.15) is 5.56 Å². The fraction of sp³-hybridized carbons (Fsp3) is 0.571. The van der Waals surface area contributed by atoms with E-state index in [9.17, 15) is 0 Å². The summed E-state index contributed by atoms with van der Waals surface area (Å²) in [6.45, 7) is 5.85. The van der Waals surface area contributed by atoms with Crippen LogP contribution in [0.4, 0.5) is 0 Å². The molecular formula is C14H21ClN4. The molecule has 0 saturated carbocycles. The fourth-order valence-corrected chi connectivity index (χ4v) is 3.48. The molecular weight excluding hydrogens is 260 g/mol.